The lowest BCUT2D eigenvalue weighted by Gasteiger charge is -2.37. The molecule has 0 bridgehead atoms. The van der Waals surface area contributed by atoms with E-state index in [2.05, 4.69) is 5.32 Å². The molecular formula is C21H30N2O4. The summed E-state index contributed by atoms with van der Waals surface area (Å²) in [6.07, 6.45) is 1.58. The molecular weight excluding hydrogens is 344 g/mol. The maximum absolute atomic E-state index is 13.2. The van der Waals surface area contributed by atoms with Crippen LogP contribution in [0.25, 0.3) is 0 Å². The molecule has 2 aliphatic rings. The molecule has 148 valence electrons. The molecule has 1 saturated carbocycles. The lowest BCUT2D eigenvalue weighted by atomic mass is 9.93. The summed E-state index contributed by atoms with van der Waals surface area (Å²) in [4.78, 5) is 26.9. The van der Waals surface area contributed by atoms with Gasteiger partial charge in [0.15, 0.2) is 0 Å². The van der Waals surface area contributed by atoms with Crippen molar-refractivity contribution in [3.05, 3.63) is 34.9 Å². The van der Waals surface area contributed by atoms with E-state index >= 15 is 0 Å². The van der Waals surface area contributed by atoms with Crippen molar-refractivity contribution in [3.8, 4) is 0 Å². The highest BCUT2D eigenvalue weighted by Gasteiger charge is 2.48. The highest BCUT2D eigenvalue weighted by molar-refractivity contribution is 6.00. The minimum absolute atomic E-state index is 0.0642. The van der Waals surface area contributed by atoms with Crippen LogP contribution in [0, 0.1) is 5.92 Å². The quantitative estimate of drug-likeness (QED) is 0.829. The summed E-state index contributed by atoms with van der Waals surface area (Å²) >= 11 is 0. The molecule has 3 rings (SSSR count). The van der Waals surface area contributed by atoms with E-state index < -0.39 is 17.3 Å². The number of hydrogen-bond acceptors (Lipinski definition) is 4. The van der Waals surface area contributed by atoms with Gasteiger partial charge in [0.2, 0.25) is 0 Å². The summed E-state index contributed by atoms with van der Waals surface area (Å²) in [6, 6.07) is 5.51. The van der Waals surface area contributed by atoms with Crippen LogP contribution >= 0.6 is 0 Å². The third kappa shape index (κ3) is 4.43. The summed E-state index contributed by atoms with van der Waals surface area (Å²) in [5.41, 5.74) is 0.839. The van der Waals surface area contributed by atoms with Gasteiger partial charge in [-0.15, -0.1) is 0 Å². The maximum atomic E-state index is 13.2. The molecule has 1 fully saturated rings. The molecule has 2 amide bonds. The monoisotopic (exact) mass is 374 g/mol. The van der Waals surface area contributed by atoms with Crippen molar-refractivity contribution in [3.63, 3.8) is 0 Å². The maximum Gasteiger partial charge on any atom is 0.407 e. The van der Waals surface area contributed by atoms with E-state index in [1.807, 2.05) is 39.0 Å². The molecule has 1 aromatic rings. The number of benzene rings is 1. The first-order valence-electron chi connectivity index (χ1n) is 9.58. The van der Waals surface area contributed by atoms with Crippen LogP contribution in [0.4, 0.5) is 4.79 Å². The lowest BCUT2D eigenvalue weighted by Crippen LogP contribution is -2.51. The van der Waals surface area contributed by atoms with Crippen molar-refractivity contribution in [1.29, 1.82) is 0 Å². The minimum Gasteiger partial charge on any atom is -0.444 e. The van der Waals surface area contributed by atoms with Crippen molar-refractivity contribution in [1.82, 2.24) is 10.2 Å². The third-order valence-electron chi connectivity index (χ3n) is 5.00. The van der Waals surface area contributed by atoms with E-state index in [0.29, 0.717) is 18.0 Å². The van der Waals surface area contributed by atoms with E-state index in [9.17, 15) is 14.7 Å². The van der Waals surface area contributed by atoms with Gasteiger partial charge < -0.3 is 20.1 Å². The predicted molar refractivity (Wildman–Crippen MR) is 102 cm³/mol. The van der Waals surface area contributed by atoms with Crippen LogP contribution in [0.1, 0.15) is 68.9 Å². The molecule has 1 aromatic carbocycles. The zero-order chi connectivity index (χ0) is 20.0. The van der Waals surface area contributed by atoms with Gasteiger partial charge in [-0.25, -0.2) is 4.79 Å². The second kappa shape index (κ2) is 6.82. The Morgan fingerprint density at radius 3 is 2.52 bits per heavy atom. The summed E-state index contributed by atoms with van der Waals surface area (Å²) in [7, 11) is 0. The lowest BCUT2D eigenvalue weighted by molar-refractivity contribution is -0.0224. The summed E-state index contributed by atoms with van der Waals surface area (Å²) in [5.74, 6) is 0.289. The normalized spacial score (nSPS) is 18.3. The predicted octanol–water partition coefficient (Wildman–Crippen LogP) is 3.22. The fourth-order valence-corrected chi connectivity index (χ4v) is 3.94. The van der Waals surface area contributed by atoms with E-state index in [-0.39, 0.29) is 18.5 Å². The van der Waals surface area contributed by atoms with Crippen LogP contribution in [0.3, 0.4) is 0 Å². The summed E-state index contributed by atoms with van der Waals surface area (Å²) < 4.78 is 5.27. The molecule has 0 spiro atoms. The molecule has 6 nitrogen and oxygen atoms in total. The van der Waals surface area contributed by atoms with Crippen LogP contribution in [-0.2, 0) is 17.8 Å². The van der Waals surface area contributed by atoms with Gasteiger partial charge in [0.25, 0.3) is 5.91 Å². The fourth-order valence-electron chi connectivity index (χ4n) is 3.94. The number of hydrogen-bond donors (Lipinski definition) is 2. The number of ether oxygens (including phenoxy) is 1. The topological polar surface area (TPSA) is 78.9 Å². The Morgan fingerprint density at radius 2 is 1.96 bits per heavy atom. The van der Waals surface area contributed by atoms with Crippen LogP contribution in [0.15, 0.2) is 18.2 Å². The molecule has 27 heavy (non-hydrogen) atoms. The van der Waals surface area contributed by atoms with Gasteiger partial charge in [-0.1, -0.05) is 18.2 Å². The van der Waals surface area contributed by atoms with Crippen molar-refractivity contribution in [2.24, 2.45) is 5.92 Å². The average molecular weight is 374 g/mol. The number of nitrogens with zero attached hydrogens (tertiary/aromatic N) is 1. The standard InChI is InChI=1S/C21H30N2O4/c1-20(2,3)27-19(25)22-11-14-7-6-8-15-12-23(18(24)16(14)15)17(13-9-10-13)21(4,5)26/h6-8,13,17,26H,9-12H2,1-5H3,(H,22,25)/t17-/m1/s1. The van der Waals surface area contributed by atoms with Gasteiger partial charge in [-0.3, -0.25) is 4.79 Å². The van der Waals surface area contributed by atoms with Gasteiger partial charge in [-0.2, -0.15) is 0 Å². The van der Waals surface area contributed by atoms with Crippen molar-refractivity contribution in [2.45, 2.75) is 77.8 Å². The summed E-state index contributed by atoms with van der Waals surface area (Å²) in [5, 5.41) is 13.4. The van der Waals surface area contributed by atoms with E-state index in [1.54, 1.807) is 18.7 Å². The number of fused-ring (bicyclic) bond motifs is 1. The van der Waals surface area contributed by atoms with Gasteiger partial charge >= 0.3 is 6.09 Å². The van der Waals surface area contributed by atoms with Crippen LogP contribution < -0.4 is 5.32 Å². The van der Waals surface area contributed by atoms with Gasteiger partial charge in [0.05, 0.1) is 11.6 Å². The number of carbonyl (C=O) groups excluding carboxylic acids is 2. The van der Waals surface area contributed by atoms with Crippen LogP contribution in [-0.4, -0.2) is 39.3 Å². The zero-order valence-corrected chi connectivity index (χ0v) is 16.8. The molecule has 0 saturated heterocycles. The molecule has 6 heteroatoms. The minimum atomic E-state index is -0.951. The molecule has 1 aliphatic heterocycles. The Morgan fingerprint density at radius 1 is 1.30 bits per heavy atom. The Hall–Kier alpha value is -2.08. The summed E-state index contributed by atoms with van der Waals surface area (Å²) in [6.45, 7) is 9.71. The Kier molecular flexibility index (Phi) is 4.97. The molecule has 1 atom stereocenters. The number of carbonyl (C=O) groups is 2. The van der Waals surface area contributed by atoms with Crippen LogP contribution in [0.2, 0.25) is 0 Å². The number of nitrogens with one attached hydrogen (secondary N) is 1. The molecule has 1 aliphatic carbocycles. The number of aliphatic hydroxyl groups is 1. The average Bonchev–Trinajstić information content (AvgIpc) is 3.27. The fraction of sp³-hybridized carbons (Fsp3) is 0.619. The van der Waals surface area contributed by atoms with Gasteiger partial charge in [0.1, 0.15) is 5.60 Å². The number of amides is 2. The van der Waals surface area contributed by atoms with E-state index in [1.165, 1.54) is 0 Å². The van der Waals surface area contributed by atoms with Crippen molar-refractivity contribution in [2.75, 3.05) is 0 Å². The molecule has 0 radical (unpaired) electrons. The van der Waals surface area contributed by atoms with Crippen LogP contribution in [0.5, 0.6) is 0 Å². The van der Waals surface area contributed by atoms with E-state index in [4.69, 9.17) is 4.74 Å². The Bertz CT molecular complexity index is 742. The van der Waals surface area contributed by atoms with Gasteiger partial charge in [0, 0.05) is 18.7 Å². The van der Waals surface area contributed by atoms with Crippen molar-refractivity contribution < 1.29 is 19.4 Å². The second-order valence-electron chi connectivity index (χ2n) is 9.18. The van der Waals surface area contributed by atoms with E-state index in [0.717, 1.165) is 24.0 Å². The largest absolute Gasteiger partial charge is 0.444 e. The first-order valence-corrected chi connectivity index (χ1v) is 9.58. The highest BCUT2D eigenvalue weighted by atomic mass is 16.6. The first kappa shape index (κ1) is 19.7. The van der Waals surface area contributed by atoms with Gasteiger partial charge in [-0.05, 0) is 64.5 Å². The third-order valence-corrected chi connectivity index (χ3v) is 5.00. The molecule has 2 N–H and O–H groups in total. The molecule has 0 unspecified atom stereocenters. The highest BCUT2D eigenvalue weighted by Crippen LogP contribution is 2.43. The molecule has 0 aromatic heterocycles. The Balaban J connectivity index is 1.77. The SMILES string of the molecule is CC(C)(C)OC(=O)NCc1cccc2c1C(=O)N([C@H](C1CC1)C(C)(C)O)C2. The molecule has 1 heterocycles. The smallest absolute Gasteiger partial charge is 0.407 e. The Labute approximate surface area is 160 Å². The van der Waals surface area contributed by atoms with Crippen molar-refractivity contribution >= 4 is 12.0 Å². The zero-order valence-electron chi connectivity index (χ0n) is 16.8. The number of alkyl carbamates (subject to hydrolysis) is 1. The second-order valence-corrected chi connectivity index (χ2v) is 9.18. The first-order chi connectivity index (χ1) is 12.5. The number of rotatable bonds is 5.